The van der Waals surface area contributed by atoms with Gasteiger partial charge in [0.15, 0.2) is 5.84 Å². The van der Waals surface area contributed by atoms with Crippen LogP contribution < -0.4 is 10.6 Å². The van der Waals surface area contributed by atoms with Gasteiger partial charge in [-0.3, -0.25) is 0 Å². The maximum atomic E-state index is 8.61. The summed E-state index contributed by atoms with van der Waals surface area (Å²) in [5.74, 6) is 0.555. The van der Waals surface area contributed by atoms with Gasteiger partial charge in [0.2, 0.25) is 5.95 Å². The van der Waals surface area contributed by atoms with E-state index >= 15 is 0 Å². The molecule has 17 heavy (non-hydrogen) atoms. The summed E-state index contributed by atoms with van der Waals surface area (Å²) in [5.41, 5.74) is 5.91. The molecular formula is C10H15N5O2. The first-order valence-corrected chi connectivity index (χ1v) is 5.37. The van der Waals surface area contributed by atoms with Crippen molar-refractivity contribution in [3.8, 4) is 0 Å². The number of rotatable bonds is 2. The molecule has 7 nitrogen and oxygen atoms in total. The van der Waals surface area contributed by atoms with Crippen LogP contribution in [0, 0.1) is 0 Å². The van der Waals surface area contributed by atoms with E-state index in [9.17, 15) is 0 Å². The number of nitrogens with zero attached hydrogens (tertiary/aromatic N) is 4. The largest absolute Gasteiger partial charge is 0.409 e. The predicted octanol–water partition coefficient (Wildman–Crippen LogP) is -0.204. The third kappa shape index (κ3) is 2.44. The molecule has 1 fully saturated rings. The van der Waals surface area contributed by atoms with E-state index in [-0.39, 0.29) is 11.9 Å². The van der Waals surface area contributed by atoms with E-state index in [1.807, 2.05) is 11.8 Å². The molecule has 1 aromatic heterocycles. The summed E-state index contributed by atoms with van der Waals surface area (Å²) < 4.78 is 5.35. The van der Waals surface area contributed by atoms with E-state index in [1.165, 1.54) is 0 Å². The first-order chi connectivity index (χ1) is 8.22. The van der Waals surface area contributed by atoms with E-state index in [2.05, 4.69) is 15.1 Å². The van der Waals surface area contributed by atoms with Gasteiger partial charge in [-0.05, 0) is 13.0 Å². The fourth-order valence-electron chi connectivity index (χ4n) is 1.70. The summed E-state index contributed by atoms with van der Waals surface area (Å²) >= 11 is 0. The first kappa shape index (κ1) is 11.6. The van der Waals surface area contributed by atoms with Crippen LogP contribution in [0.4, 0.5) is 5.95 Å². The lowest BCUT2D eigenvalue weighted by Crippen LogP contribution is -2.44. The molecule has 7 heteroatoms. The highest BCUT2D eigenvalue weighted by Crippen LogP contribution is 2.14. The monoisotopic (exact) mass is 237 g/mol. The Hall–Kier alpha value is -1.89. The second-order valence-corrected chi connectivity index (χ2v) is 3.84. The maximum absolute atomic E-state index is 8.61. The van der Waals surface area contributed by atoms with Crippen LogP contribution in [-0.2, 0) is 4.74 Å². The molecule has 3 N–H and O–H groups in total. The van der Waals surface area contributed by atoms with Crippen molar-refractivity contribution in [2.24, 2.45) is 10.9 Å². The van der Waals surface area contributed by atoms with Crippen molar-refractivity contribution in [2.45, 2.75) is 13.0 Å². The molecule has 92 valence electrons. The van der Waals surface area contributed by atoms with E-state index in [4.69, 9.17) is 15.7 Å². The highest BCUT2D eigenvalue weighted by atomic mass is 16.5. The van der Waals surface area contributed by atoms with Gasteiger partial charge in [0.05, 0.1) is 19.3 Å². The zero-order valence-electron chi connectivity index (χ0n) is 9.58. The molecule has 2 heterocycles. The van der Waals surface area contributed by atoms with E-state index in [0.717, 1.165) is 6.54 Å². The van der Waals surface area contributed by atoms with Crippen molar-refractivity contribution in [1.82, 2.24) is 9.97 Å². The van der Waals surface area contributed by atoms with Gasteiger partial charge in [-0.25, -0.2) is 9.97 Å². The minimum Gasteiger partial charge on any atom is -0.409 e. The number of hydrogen-bond acceptors (Lipinski definition) is 6. The summed E-state index contributed by atoms with van der Waals surface area (Å²) in [5, 5.41) is 11.5. The molecular weight excluding hydrogens is 222 g/mol. The molecule has 1 atom stereocenters. The number of nitrogens with two attached hydrogens (primary N) is 1. The quantitative estimate of drug-likeness (QED) is 0.320. The number of hydrogen-bond donors (Lipinski definition) is 2. The Labute approximate surface area is 98.9 Å². The van der Waals surface area contributed by atoms with Crippen molar-refractivity contribution < 1.29 is 9.94 Å². The molecule has 0 aromatic carbocycles. The third-order valence-electron chi connectivity index (χ3n) is 2.64. The summed E-state index contributed by atoms with van der Waals surface area (Å²) in [4.78, 5) is 10.5. The topological polar surface area (TPSA) is 96.9 Å². The molecule has 1 aliphatic heterocycles. The lowest BCUT2D eigenvalue weighted by atomic mass is 10.3. The lowest BCUT2D eigenvalue weighted by molar-refractivity contribution is 0.0981. The summed E-state index contributed by atoms with van der Waals surface area (Å²) in [6.45, 7) is 4.08. The number of aromatic nitrogens is 2. The summed E-state index contributed by atoms with van der Waals surface area (Å²) in [6.07, 6.45) is 1.60. The average molecular weight is 237 g/mol. The van der Waals surface area contributed by atoms with Crippen LogP contribution in [0.15, 0.2) is 17.4 Å². The normalized spacial score (nSPS) is 21.6. The van der Waals surface area contributed by atoms with Crippen LogP contribution in [0.25, 0.3) is 0 Å². The number of anilines is 1. The van der Waals surface area contributed by atoms with Gasteiger partial charge in [0.1, 0.15) is 5.69 Å². The third-order valence-corrected chi connectivity index (χ3v) is 2.64. The van der Waals surface area contributed by atoms with Crippen LogP contribution >= 0.6 is 0 Å². The summed E-state index contributed by atoms with van der Waals surface area (Å²) in [6, 6.07) is 1.82. The van der Waals surface area contributed by atoms with Crippen molar-refractivity contribution in [3.63, 3.8) is 0 Å². The minimum atomic E-state index is -0.0189. The Kier molecular flexibility index (Phi) is 3.38. The fraction of sp³-hybridized carbons (Fsp3) is 0.500. The molecule has 0 saturated carbocycles. The number of oxime groups is 1. The van der Waals surface area contributed by atoms with E-state index < -0.39 is 0 Å². The number of ether oxygens (including phenoxy) is 1. The fourth-order valence-corrected chi connectivity index (χ4v) is 1.70. The molecule has 0 bridgehead atoms. The van der Waals surface area contributed by atoms with Gasteiger partial charge in [-0.15, -0.1) is 0 Å². The van der Waals surface area contributed by atoms with Gasteiger partial charge in [0.25, 0.3) is 0 Å². The molecule has 0 amide bonds. The number of morpholine rings is 1. The van der Waals surface area contributed by atoms with Crippen LogP contribution in [0.3, 0.4) is 0 Å². The minimum absolute atomic E-state index is 0.0189. The Morgan fingerprint density at radius 2 is 2.53 bits per heavy atom. The second-order valence-electron chi connectivity index (χ2n) is 3.84. The summed E-state index contributed by atoms with van der Waals surface area (Å²) in [7, 11) is 0. The Morgan fingerprint density at radius 3 is 3.24 bits per heavy atom. The second kappa shape index (κ2) is 4.96. The zero-order valence-corrected chi connectivity index (χ0v) is 9.58. The maximum Gasteiger partial charge on any atom is 0.226 e. The lowest BCUT2D eigenvalue weighted by Gasteiger charge is -2.33. The van der Waals surface area contributed by atoms with Gasteiger partial charge in [0, 0.05) is 12.7 Å². The molecule has 0 spiro atoms. The van der Waals surface area contributed by atoms with Crippen molar-refractivity contribution in [3.05, 3.63) is 18.0 Å². The highest BCUT2D eigenvalue weighted by Gasteiger charge is 2.21. The van der Waals surface area contributed by atoms with Crippen molar-refractivity contribution in [2.75, 3.05) is 24.7 Å². The molecule has 0 aliphatic carbocycles. The Morgan fingerprint density at radius 1 is 1.71 bits per heavy atom. The molecule has 0 radical (unpaired) electrons. The predicted molar refractivity (Wildman–Crippen MR) is 62.2 cm³/mol. The van der Waals surface area contributed by atoms with Gasteiger partial charge in [-0.2, -0.15) is 0 Å². The van der Waals surface area contributed by atoms with Crippen LogP contribution in [0.2, 0.25) is 0 Å². The van der Waals surface area contributed by atoms with E-state index in [0.29, 0.717) is 24.9 Å². The zero-order chi connectivity index (χ0) is 12.3. The average Bonchev–Trinajstić information content (AvgIpc) is 2.38. The molecule has 1 unspecified atom stereocenters. The Balaban J connectivity index is 2.26. The number of amidine groups is 1. The Bertz CT molecular complexity index is 423. The molecule has 1 saturated heterocycles. The van der Waals surface area contributed by atoms with Crippen LogP contribution in [0.1, 0.15) is 12.6 Å². The van der Waals surface area contributed by atoms with Gasteiger partial charge < -0.3 is 20.6 Å². The molecule has 2 rings (SSSR count). The van der Waals surface area contributed by atoms with Crippen molar-refractivity contribution in [1.29, 1.82) is 0 Å². The first-order valence-electron chi connectivity index (χ1n) is 5.37. The smallest absolute Gasteiger partial charge is 0.226 e. The van der Waals surface area contributed by atoms with Crippen molar-refractivity contribution >= 4 is 11.8 Å². The highest BCUT2D eigenvalue weighted by molar-refractivity contribution is 5.95. The molecule has 1 aromatic rings. The SMILES string of the molecule is CC1COCCN1c1nccc(/C(N)=N/O)n1. The van der Waals surface area contributed by atoms with Crippen LogP contribution in [-0.4, -0.2) is 46.8 Å². The van der Waals surface area contributed by atoms with Gasteiger partial charge >= 0.3 is 0 Å². The molecule has 1 aliphatic rings. The van der Waals surface area contributed by atoms with E-state index in [1.54, 1.807) is 12.3 Å². The van der Waals surface area contributed by atoms with Gasteiger partial charge in [-0.1, -0.05) is 5.16 Å². The standard InChI is InChI=1S/C10H15N5O2/c1-7-6-17-5-4-15(7)10-12-3-2-8(13-10)9(11)14-16/h2-3,7,16H,4-6H2,1H3,(H2,11,14). The van der Waals surface area contributed by atoms with Crippen LogP contribution in [0.5, 0.6) is 0 Å².